The van der Waals surface area contributed by atoms with E-state index in [4.69, 9.17) is 10.8 Å². The monoisotopic (exact) mass is 255 g/mol. The van der Waals surface area contributed by atoms with Gasteiger partial charge < -0.3 is 10.8 Å². The van der Waals surface area contributed by atoms with Crippen LogP contribution in [-0.4, -0.2) is 11.1 Å². The number of hydrogen-bond acceptors (Lipinski definition) is 2. The fourth-order valence-electron chi connectivity index (χ4n) is 1.86. The molecule has 0 aliphatic heterocycles. The van der Waals surface area contributed by atoms with Gasteiger partial charge in [-0.25, -0.2) is 4.79 Å². The molecule has 0 amide bonds. The van der Waals surface area contributed by atoms with Crippen LogP contribution in [0, 0.1) is 0 Å². The third-order valence-corrected chi connectivity index (χ3v) is 3.52. The second kappa shape index (κ2) is 3.37. The van der Waals surface area contributed by atoms with Gasteiger partial charge in [0, 0.05) is 10.5 Å². The van der Waals surface area contributed by atoms with E-state index in [2.05, 4.69) is 15.9 Å². The molecule has 0 bridgehead atoms. The highest BCUT2D eigenvalue weighted by Gasteiger charge is 2.24. The molecular formula is C10H10BrNO2. The van der Waals surface area contributed by atoms with E-state index in [9.17, 15) is 4.79 Å². The Balaban J connectivity index is 2.58. The Labute approximate surface area is 90.0 Å². The highest BCUT2D eigenvalue weighted by molar-refractivity contribution is 9.10. The van der Waals surface area contributed by atoms with Gasteiger partial charge in [0.1, 0.15) is 0 Å². The summed E-state index contributed by atoms with van der Waals surface area (Å²) in [6.45, 7) is 0. The molecule has 1 aliphatic carbocycles. The van der Waals surface area contributed by atoms with Gasteiger partial charge in [0.25, 0.3) is 0 Å². The van der Waals surface area contributed by atoms with E-state index in [0.29, 0.717) is 10.0 Å². The Hall–Kier alpha value is -0.870. The maximum Gasteiger partial charge on any atom is 0.336 e. The third-order valence-electron chi connectivity index (χ3n) is 2.61. The largest absolute Gasteiger partial charge is 0.478 e. The van der Waals surface area contributed by atoms with Crippen LogP contribution in [0.4, 0.5) is 0 Å². The summed E-state index contributed by atoms with van der Waals surface area (Å²) in [4.78, 5) is 10.8. The Morgan fingerprint density at radius 2 is 2.29 bits per heavy atom. The van der Waals surface area contributed by atoms with Crippen LogP contribution < -0.4 is 5.73 Å². The Kier molecular flexibility index (Phi) is 2.33. The molecule has 0 saturated carbocycles. The summed E-state index contributed by atoms with van der Waals surface area (Å²) in [6, 6.07) is 3.49. The SMILES string of the molecule is N[C@@H]1CCc2c1ccc(C(=O)O)c2Br. The molecule has 3 N–H and O–H groups in total. The predicted octanol–water partition coefficient (Wildman–Crippen LogP) is 2.09. The van der Waals surface area contributed by atoms with Crippen molar-refractivity contribution < 1.29 is 9.90 Å². The lowest BCUT2D eigenvalue weighted by Gasteiger charge is -2.07. The van der Waals surface area contributed by atoms with Crippen LogP contribution in [0.5, 0.6) is 0 Å². The van der Waals surface area contributed by atoms with Gasteiger partial charge in [-0.1, -0.05) is 6.07 Å². The maximum atomic E-state index is 10.8. The summed E-state index contributed by atoms with van der Waals surface area (Å²) in [7, 11) is 0. The quantitative estimate of drug-likeness (QED) is 0.808. The van der Waals surface area contributed by atoms with Crippen molar-refractivity contribution in [1.29, 1.82) is 0 Å². The summed E-state index contributed by atoms with van der Waals surface area (Å²) < 4.78 is 0.690. The molecule has 0 spiro atoms. The lowest BCUT2D eigenvalue weighted by atomic mass is 10.1. The lowest BCUT2D eigenvalue weighted by Crippen LogP contribution is -2.06. The van der Waals surface area contributed by atoms with Crippen molar-refractivity contribution >= 4 is 21.9 Å². The molecule has 14 heavy (non-hydrogen) atoms. The fourth-order valence-corrected chi connectivity index (χ4v) is 2.59. The highest BCUT2D eigenvalue weighted by Crippen LogP contribution is 2.36. The third kappa shape index (κ3) is 1.35. The number of nitrogens with two attached hydrogens (primary N) is 1. The van der Waals surface area contributed by atoms with Gasteiger partial charge >= 0.3 is 5.97 Å². The second-order valence-electron chi connectivity index (χ2n) is 3.45. The van der Waals surface area contributed by atoms with E-state index >= 15 is 0 Å². The van der Waals surface area contributed by atoms with Crippen LogP contribution in [0.1, 0.15) is 33.9 Å². The van der Waals surface area contributed by atoms with Gasteiger partial charge in [0.15, 0.2) is 0 Å². The number of carboxylic acids is 1. The molecule has 2 rings (SSSR count). The number of benzene rings is 1. The van der Waals surface area contributed by atoms with E-state index in [1.54, 1.807) is 6.07 Å². The number of fused-ring (bicyclic) bond motifs is 1. The van der Waals surface area contributed by atoms with Crippen molar-refractivity contribution in [2.45, 2.75) is 18.9 Å². The standard InChI is InChI=1S/C10H10BrNO2/c11-9-6-3-4-8(12)5(6)1-2-7(9)10(13)14/h1-2,8H,3-4,12H2,(H,13,14)/t8-/m1/s1. The lowest BCUT2D eigenvalue weighted by molar-refractivity contribution is 0.0696. The maximum absolute atomic E-state index is 10.8. The molecule has 0 saturated heterocycles. The van der Waals surface area contributed by atoms with Gasteiger partial charge in [0.05, 0.1) is 5.56 Å². The Bertz CT molecular complexity index is 403. The van der Waals surface area contributed by atoms with E-state index in [1.165, 1.54) is 0 Å². The highest BCUT2D eigenvalue weighted by atomic mass is 79.9. The summed E-state index contributed by atoms with van der Waals surface area (Å²) in [5.41, 5.74) is 8.31. The van der Waals surface area contributed by atoms with Crippen LogP contribution in [0.25, 0.3) is 0 Å². The van der Waals surface area contributed by atoms with E-state index < -0.39 is 5.97 Å². The molecule has 4 heteroatoms. The fraction of sp³-hybridized carbons (Fsp3) is 0.300. The van der Waals surface area contributed by atoms with Gasteiger partial charge in [-0.3, -0.25) is 0 Å². The number of aromatic carboxylic acids is 1. The number of hydrogen-bond donors (Lipinski definition) is 2. The minimum atomic E-state index is -0.903. The van der Waals surface area contributed by atoms with Crippen molar-refractivity contribution in [2.24, 2.45) is 5.73 Å². The molecule has 74 valence electrons. The zero-order valence-electron chi connectivity index (χ0n) is 7.46. The van der Waals surface area contributed by atoms with Gasteiger partial charge in [0.2, 0.25) is 0 Å². The first-order valence-corrected chi connectivity index (χ1v) is 5.20. The van der Waals surface area contributed by atoms with E-state index in [1.807, 2.05) is 6.07 Å². The van der Waals surface area contributed by atoms with Gasteiger partial charge in [-0.15, -0.1) is 0 Å². The zero-order chi connectivity index (χ0) is 10.3. The molecule has 0 radical (unpaired) electrons. The first-order valence-electron chi connectivity index (χ1n) is 4.41. The molecule has 0 aromatic heterocycles. The van der Waals surface area contributed by atoms with Crippen LogP contribution in [0.15, 0.2) is 16.6 Å². The zero-order valence-corrected chi connectivity index (χ0v) is 9.04. The Morgan fingerprint density at radius 1 is 1.57 bits per heavy atom. The summed E-state index contributed by atoms with van der Waals surface area (Å²) in [5.74, 6) is -0.903. The van der Waals surface area contributed by atoms with Gasteiger partial charge in [-0.05, 0) is 46.0 Å². The average molecular weight is 256 g/mol. The van der Waals surface area contributed by atoms with E-state index in [0.717, 1.165) is 24.0 Å². The van der Waals surface area contributed by atoms with Crippen molar-refractivity contribution in [3.8, 4) is 0 Å². The first kappa shape index (κ1) is 9.68. The van der Waals surface area contributed by atoms with Crippen LogP contribution >= 0.6 is 15.9 Å². The normalized spacial score (nSPS) is 19.4. The minimum Gasteiger partial charge on any atom is -0.478 e. The average Bonchev–Trinajstić information content (AvgIpc) is 2.49. The summed E-state index contributed by atoms with van der Waals surface area (Å²) in [5, 5.41) is 8.90. The van der Waals surface area contributed by atoms with Crippen LogP contribution in [0.3, 0.4) is 0 Å². The van der Waals surface area contributed by atoms with Crippen LogP contribution in [0.2, 0.25) is 0 Å². The second-order valence-corrected chi connectivity index (χ2v) is 4.24. The van der Waals surface area contributed by atoms with Gasteiger partial charge in [-0.2, -0.15) is 0 Å². The van der Waals surface area contributed by atoms with Crippen molar-refractivity contribution in [3.63, 3.8) is 0 Å². The summed E-state index contributed by atoms with van der Waals surface area (Å²) in [6.07, 6.45) is 1.76. The molecule has 0 unspecified atom stereocenters. The van der Waals surface area contributed by atoms with E-state index in [-0.39, 0.29) is 6.04 Å². The molecule has 0 heterocycles. The number of carboxylic acid groups (broad SMARTS) is 1. The molecular weight excluding hydrogens is 246 g/mol. The number of rotatable bonds is 1. The molecule has 1 aromatic carbocycles. The van der Waals surface area contributed by atoms with Crippen molar-refractivity contribution in [1.82, 2.24) is 0 Å². The minimum absolute atomic E-state index is 0.0594. The molecule has 1 aliphatic rings. The first-order chi connectivity index (χ1) is 6.61. The molecule has 0 fully saturated rings. The van der Waals surface area contributed by atoms with Crippen molar-refractivity contribution in [2.75, 3.05) is 0 Å². The Morgan fingerprint density at radius 3 is 2.93 bits per heavy atom. The number of halogens is 1. The van der Waals surface area contributed by atoms with Crippen LogP contribution in [-0.2, 0) is 6.42 Å². The smallest absolute Gasteiger partial charge is 0.336 e. The topological polar surface area (TPSA) is 63.3 Å². The molecule has 1 atom stereocenters. The predicted molar refractivity (Wildman–Crippen MR) is 56.4 cm³/mol. The number of carbonyl (C=O) groups is 1. The molecule has 1 aromatic rings. The summed E-state index contributed by atoms with van der Waals surface area (Å²) >= 11 is 3.32. The van der Waals surface area contributed by atoms with Crippen molar-refractivity contribution in [3.05, 3.63) is 33.3 Å². The molecule has 3 nitrogen and oxygen atoms in total.